The Labute approximate surface area is 98.0 Å². The van der Waals surface area contributed by atoms with Crippen molar-refractivity contribution >= 4 is 10.0 Å². The van der Waals surface area contributed by atoms with E-state index in [-0.39, 0.29) is 11.8 Å². The maximum atomic E-state index is 11.7. The van der Waals surface area contributed by atoms with Crippen LogP contribution in [0.3, 0.4) is 0 Å². The van der Waals surface area contributed by atoms with Gasteiger partial charge in [-0.2, -0.15) is 0 Å². The summed E-state index contributed by atoms with van der Waals surface area (Å²) in [5, 5.41) is 3.09. The molecule has 1 aliphatic heterocycles. The number of hydrogen-bond acceptors (Lipinski definition) is 4. The molecule has 96 valence electrons. The summed E-state index contributed by atoms with van der Waals surface area (Å²) in [6.45, 7) is 5.72. The Morgan fingerprint density at radius 3 is 2.75 bits per heavy atom. The molecule has 1 rings (SSSR count). The molecule has 6 heteroatoms. The van der Waals surface area contributed by atoms with Gasteiger partial charge in [0.25, 0.3) is 0 Å². The van der Waals surface area contributed by atoms with Gasteiger partial charge >= 0.3 is 0 Å². The molecular formula is C10H22N2O3S. The Bertz CT molecular complexity index is 284. The molecule has 5 nitrogen and oxygen atoms in total. The van der Waals surface area contributed by atoms with E-state index in [1.807, 2.05) is 13.8 Å². The van der Waals surface area contributed by atoms with Crippen molar-refractivity contribution in [3.8, 4) is 0 Å². The molecule has 0 bridgehead atoms. The highest BCUT2D eigenvalue weighted by Gasteiger charge is 2.20. The van der Waals surface area contributed by atoms with E-state index < -0.39 is 10.0 Å². The lowest BCUT2D eigenvalue weighted by molar-refractivity contribution is 0.0774. The van der Waals surface area contributed by atoms with Gasteiger partial charge in [0.1, 0.15) is 0 Å². The van der Waals surface area contributed by atoms with E-state index >= 15 is 0 Å². The highest BCUT2D eigenvalue weighted by Crippen LogP contribution is 2.06. The van der Waals surface area contributed by atoms with Gasteiger partial charge in [-0.05, 0) is 12.8 Å². The Morgan fingerprint density at radius 1 is 1.44 bits per heavy atom. The summed E-state index contributed by atoms with van der Waals surface area (Å²) in [5.41, 5.74) is 0. The Hall–Kier alpha value is -0.170. The van der Waals surface area contributed by atoms with Gasteiger partial charge in [0, 0.05) is 25.2 Å². The number of hydrogen-bond donors (Lipinski definition) is 2. The monoisotopic (exact) mass is 250 g/mol. The quantitative estimate of drug-likeness (QED) is 0.701. The molecule has 0 saturated carbocycles. The molecule has 1 saturated heterocycles. The highest BCUT2D eigenvalue weighted by atomic mass is 32.2. The molecule has 1 heterocycles. The summed E-state index contributed by atoms with van der Waals surface area (Å²) in [6, 6.07) is 0.269. The van der Waals surface area contributed by atoms with Crippen LogP contribution in [0.4, 0.5) is 0 Å². The maximum absolute atomic E-state index is 11.7. The predicted molar refractivity (Wildman–Crippen MR) is 63.9 cm³/mol. The smallest absolute Gasteiger partial charge is 0.213 e. The summed E-state index contributed by atoms with van der Waals surface area (Å²) in [6.07, 6.45) is 1.80. The standard InChI is InChI=1S/C10H22N2O3S/c1-9(2)11-5-7-16(13,14)12-10-4-3-6-15-8-10/h9-12H,3-8H2,1-2H3. The molecule has 1 atom stereocenters. The fraction of sp³-hybridized carbons (Fsp3) is 1.00. The minimum absolute atomic E-state index is 0.0437. The van der Waals surface area contributed by atoms with Gasteiger partial charge in [0.15, 0.2) is 0 Å². The predicted octanol–water partition coefficient (Wildman–Crippen LogP) is 0.0828. The molecule has 0 aromatic heterocycles. The second kappa shape index (κ2) is 6.54. The molecule has 1 unspecified atom stereocenters. The molecule has 1 fully saturated rings. The molecule has 0 amide bonds. The average Bonchev–Trinajstić information content (AvgIpc) is 2.17. The zero-order valence-corrected chi connectivity index (χ0v) is 10.8. The molecule has 0 spiro atoms. The van der Waals surface area contributed by atoms with Crippen molar-refractivity contribution in [3.05, 3.63) is 0 Å². The van der Waals surface area contributed by atoms with Crippen molar-refractivity contribution in [2.24, 2.45) is 0 Å². The molecule has 0 aromatic carbocycles. The first-order valence-corrected chi connectivity index (χ1v) is 7.46. The van der Waals surface area contributed by atoms with Crippen LogP contribution in [-0.4, -0.2) is 46.0 Å². The first-order valence-electron chi connectivity index (χ1n) is 5.81. The van der Waals surface area contributed by atoms with Crippen molar-refractivity contribution in [2.45, 2.75) is 38.8 Å². The number of ether oxygens (including phenoxy) is 1. The normalized spacial score (nSPS) is 22.6. The van der Waals surface area contributed by atoms with E-state index in [9.17, 15) is 8.42 Å². The third-order valence-corrected chi connectivity index (χ3v) is 3.86. The molecule has 0 aromatic rings. The van der Waals surface area contributed by atoms with Gasteiger partial charge in [-0.15, -0.1) is 0 Å². The Kier molecular flexibility index (Phi) is 5.68. The molecular weight excluding hydrogens is 228 g/mol. The van der Waals surface area contributed by atoms with E-state index in [2.05, 4.69) is 10.0 Å². The van der Waals surface area contributed by atoms with E-state index in [1.165, 1.54) is 0 Å². The summed E-state index contributed by atoms with van der Waals surface area (Å²) in [4.78, 5) is 0. The van der Waals surface area contributed by atoms with E-state index in [0.717, 1.165) is 19.4 Å². The Balaban J connectivity index is 2.27. The van der Waals surface area contributed by atoms with E-state index in [0.29, 0.717) is 19.2 Å². The molecule has 16 heavy (non-hydrogen) atoms. The summed E-state index contributed by atoms with van der Waals surface area (Å²) >= 11 is 0. The molecule has 2 N–H and O–H groups in total. The molecule has 0 aliphatic carbocycles. The number of nitrogens with one attached hydrogen (secondary N) is 2. The van der Waals surface area contributed by atoms with E-state index in [4.69, 9.17) is 4.74 Å². The van der Waals surface area contributed by atoms with Crippen molar-refractivity contribution in [1.82, 2.24) is 10.0 Å². The molecule has 0 radical (unpaired) electrons. The highest BCUT2D eigenvalue weighted by molar-refractivity contribution is 7.89. The van der Waals surface area contributed by atoms with Gasteiger partial charge in [0.05, 0.1) is 12.4 Å². The lowest BCUT2D eigenvalue weighted by Crippen LogP contribution is -2.43. The zero-order valence-electron chi connectivity index (χ0n) is 10.0. The van der Waals surface area contributed by atoms with Crippen LogP contribution in [-0.2, 0) is 14.8 Å². The van der Waals surface area contributed by atoms with Crippen LogP contribution < -0.4 is 10.0 Å². The minimum Gasteiger partial charge on any atom is -0.380 e. The van der Waals surface area contributed by atoms with Gasteiger partial charge in [-0.3, -0.25) is 0 Å². The lowest BCUT2D eigenvalue weighted by Gasteiger charge is -2.23. The number of sulfonamides is 1. The molecule has 1 aliphatic rings. The van der Waals surface area contributed by atoms with Crippen LogP contribution in [0.2, 0.25) is 0 Å². The summed E-state index contributed by atoms with van der Waals surface area (Å²) in [5.74, 6) is 0.127. The fourth-order valence-corrected chi connectivity index (χ4v) is 2.83. The van der Waals surface area contributed by atoms with Crippen molar-refractivity contribution < 1.29 is 13.2 Å². The van der Waals surface area contributed by atoms with Crippen LogP contribution in [0.5, 0.6) is 0 Å². The summed E-state index contributed by atoms with van der Waals surface area (Å²) < 4.78 is 31.3. The summed E-state index contributed by atoms with van der Waals surface area (Å²) in [7, 11) is -3.17. The van der Waals surface area contributed by atoms with E-state index in [1.54, 1.807) is 0 Å². The second-order valence-electron chi connectivity index (χ2n) is 4.46. The minimum atomic E-state index is -3.17. The Morgan fingerprint density at radius 2 is 2.19 bits per heavy atom. The van der Waals surface area contributed by atoms with Crippen LogP contribution in [0.15, 0.2) is 0 Å². The zero-order chi connectivity index (χ0) is 12.0. The average molecular weight is 250 g/mol. The maximum Gasteiger partial charge on any atom is 0.213 e. The van der Waals surface area contributed by atoms with Crippen molar-refractivity contribution in [3.63, 3.8) is 0 Å². The van der Waals surface area contributed by atoms with Gasteiger partial charge < -0.3 is 10.1 Å². The lowest BCUT2D eigenvalue weighted by atomic mass is 10.1. The van der Waals surface area contributed by atoms with Crippen molar-refractivity contribution in [2.75, 3.05) is 25.5 Å². The first-order chi connectivity index (χ1) is 7.49. The topological polar surface area (TPSA) is 67.4 Å². The number of rotatable bonds is 6. The largest absolute Gasteiger partial charge is 0.380 e. The van der Waals surface area contributed by atoms with Gasteiger partial charge in [0.2, 0.25) is 10.0 Å². The van der Waals surface area contributed by atoms with Crippen LogP contribution in [0.25, 0.3) is 0 Å². The van der Waals surface area contributed by atoms with Crippen LogP contribution in [0, 0.1) is 0 Å². The SMILES string of the molecule is CC(C)NCCS(=O)(=O)NC1CCCOC1. The van der Waals surface area contributed by atoms with Crippen molar-refractivity contribution in [1.29, 1.82) is 0 Å². The second-order valence-corrected chi connectivity index (χ2v) is 6.33. The third-order valence-electron chi connectivity index (χ3n) is 2.43. The van der Waals surface area contributed by atoms with Crippen LogP contribution >= 0.6 is 0 Å². The van der Waals surface area contributed by atoms with Gasteiger partial charge in [-0.25, -0.2) is 13.1 Å². The van der Waals surface area contributed by atoms with Gasteiger partial charge in [-0.1, -0.05) is 13.8 Å². The third kappa shape index (κ3) is 5.79. The first kappa shape index (κ1) is 13.9. The van der Waals surface area contributed by atoms with Crippen LogP contribution in [0.1, 0.15) is 26.7 Å². The fourth-order valence-electron chi connectivity index (χ4n) is 1.63.